The van der Waals surface area contributed by atoms with E-state index in [9.17, 15) is 8.42 Å². The Hall–Kier alpha value is -0.910. The third-order valence-electron chi connectivity index (χ3n) is 3.85. The summed E-state index contributed by atoms with van der Waals surface area (Å²) in [7, 11) is -3.43. The number of hydrogen-bond acceptors (Lipinski definition) is 3. The lowest BCUT2D eigenvalue weighted by atomic mass is 9.85. The van der Waals surface area contributed by atoms with E-state index >= 15 is 0 Å². The van der Waals surface area contributed by atoms with Crippen molar-refractivity contribution in [3.8, 4) is 0 Å². The molecular formula is C14H22N2O2S. The van der Waals surface area contributed by atoms with Crippen molar-refractivity contribution in [2.75, 3.05) is 6.54 Å². The minimum atomic E-state index is -3.43. The number of hydrogen-bond donors (Lipinski definition) is 2. The highest BCUT2D eigenvalue weighted by Crippen LogP contribution is 2.25. The van der Waals surface area contributed by atoms with Gasteiger partial charge in [0.05, 0.1) is 4.90 Å². The predicted octanol–water partition coefficient (Wildman–Crippen LogP) is 1.79. The molecule has 0 bridgehead atoms. The molecule has 1 aliphatic rings. The zero-order chi connectivity index (χ0) is 13.9. The largest absolute Gasteiger partial charge is 0.330 e. The molecule has 2 rings (SSSR count). The van der Waals surface area contributed by atoms with Crippen LogP contribution in [0.1, 0.15) is 31.2 Å². The van der Waals surface area contributed by atoms with Crippen molar-refractivity contribution in [2.24, 2.45) is 11.7 Å². The van der Waals surface area contributed by atoms with Gasteiger partial charge in [0, 0.05) is 6.04 Å². The fourth-order valence-corrected chi connectivity index (χ4v) is 3.97. The van der Waals surface area contributed by atoms with Gasteiger partial charge in [0.2, 0.25) is 10.0 Å². The normalized spacial score (nSPS) is 24.3. The molecule has 5 heteroatoms. The highest BCUT2D eigenvalue weighted by atomic mass is 32.2. The summed E-state index contributed by atoms with van der Waals surface area (Å²) >= 11 is 0. The van der Waals surface area contributed by atoms with E-state index in [1.807, 2.05) is 19.1 Å². The molecule has 3 N–H and O–H groups in total. The molecule has 0 aliphatic heterocycles. The first-order valence-corrected chi connectivity index (χ1v) is 8.30. The van der Waals surface area contributed by atoms with Crippen LogP contribution in [-0.2, 0) is 10.0 Å². The van der Waals surface area contributed by atoms with Crippen LogP contribution in [0.25, 0.3) is 0 Å². The summed E-state index contributed by atoms with van der Waals surface area (Å²) < 4.78 is 27.5. The van der Waals surface area contributed by atoms with Crippen molar-refractivity contribution in [3.63, 3.8) is 0 Å². The lowest BCUT2D eigenvalue weighted by Crippen LogP contribution is -2.44. The van der Waals surface area contributed by atoms with Crippen molar-refractivity contribution >= 4 is 10.0 Å². The topological polar surface area (TPSA) is 72.2 Å². The van der Waals surface area contributed by atoms with Gasteiger partial charge < -0.3 is 5.73 Å². The van der Waals surface area contributed by atoms with Gasteiger partial charge in [-0.05, 0) is 44.4 Å². The first-order chi connectivity index (χ1) is 9.03. The molecule has 0 aromatic heterocycles. The van der Waals surface area contributed by atoms with E-state index in [1.54, 1.807) is 12.1 Å². The highest BCUT2D eigenvalue weighted by Gasteiger charge is 2.28. The van der Waals surface area contributed by atoms with E-state index in [1.165, 1.54) is 0 Å². The monoisotopic (exact) mass is 282 g/mol. The second-order valence-electron chi connectivity index (χ2n) is 5.32. The molecule has 1 aromatic rings. The first kappa shape index (κ1) is 14.5. The van der Waals surface area contributed by atoms with Crippen LogP contribution in [0.3, 0.4) is 0 Å². The summed E-state index contributed by atoms with van der Waals surface area (Å²) in [5.41, 5.74) is 6.79. The van der Waals surface area contributed by atoms with E-state index in [4.69, 9.17) is 5.73 Å². The second-order valence-corrected chi connectivity index (χ2v) is 7.04. The van der Waals surface area contributed by atoms with Crippen LogP contribution in [0.4, 0.5) is 0 Å². The van der Waals surface area contributed by atoms with Crippen molar-refractivity contribution in [3.05, 3.63) is 29.8 Å². The Balaban J connectivity index is 2.14. The van der Waals surface area contributed by atoms with Gasteiger partial charge in [-0.3, -0.25) is 0 Å². The lowest BCUT2D eigenvalue weighted by Gasteiger charge is -2.31. The minimum absolute atomic E-state index is 0.0231. The first-order valence-electron chi connectivity index (χ1n) is 6.82. The van der Waals surface area contributed by atoms with Gasteiger partial charge in [0.15, 0.2) is 0 Å². The Labute approximate surface area is 115 Å². The lowest BCUT2D eigenvalue weighted by molar-refractivity contribution is 0.296. The van der Waals surface area contributed by atoms with E-state index in [-0.39, 0.29) is 12.0 Å². The van der Waals surface area contributed by atoms with Crippen LogP contribution < -0.4 is 10.5 Å². The Kier molecular flexibility index (Phi) is 4.60. The van der Waals surface area contributed by atoms with Crippen LogP contribution in [0.15, 0.2) is 29.2 Å². The molecule has 0 heterocycles. The number of benzene rings is 1. The molecule has 106 valence electrons. The van der Waals surface area contributed by atoms with Gasteiger partial charge in [0.1, 0.15) is 0 Å². The average Bonchev–Trinajstić information content (AvgIpc) is 2.39. The smallest absolute Gasteiger partial charge is 0.240 e. The zero-order valence-electron chi connectivity index (χ0n) is 11.3. The fraction of sp³-hybridized carbons (Fsp3) is 0.571. The second kappa shape index (κ2) is 6.03. The predicted molar refractivity (Wildman–Crippen MR) is 76.3 cm³/mol. The quantitative estimate of drug-likeness (QED) is 0.884. The van der Waals surface area contributed by atoms with Gasteiger partial charge in [0.25, 0.3) is 0 Å². The molecule has 1 fully saturated rings. The Morgan fingerprint density at radius 1 is 1.21 bits per heavy atom. The molecule has 0 saturated heterocycles. The Morgan fingerprint density at radius 3 is 2.47 bits per heavy atom. The van der Waals surface area contributed by atoms with Crippen molar-refractivity contribution < 1.29 is 8.42 Å². The van der Waals surface area contributed by atoms with E-state index in [0.717, 1.165) is 31.2 Å². The number of nitrogens with one attached hydrogen (secondary N) is 1. The maximum atomic E-state index is 12.3. The molecule has 4 nitrogen and oxygen atoms in total. The molecule has 1 saturated carbocycles. The summed E-state index contributed by atoms with van der Waals surface area (Å²) in [5.74, 6) is 0.258. The van der Waals surface area contributed by atoms with E-state index < -0.39 is 10.0 Å². The Morgan fingerprint density at radius 2 is 1.84 bits per heavy atom. The zero-order valence-corrected chi connectivity index (χ0v) is 12.1. The molecule has 1 aliphatic carbocycles. The SMILES string of the molecule is Cc1ccc(S(=O)(=O)N[C@H]2CCCC[C@H]2CN)cc1. The summed E-state index contributed by atoms with van der Waals surface area (Å²) in [6, 6.07) is 6.91. The maximum absolute atomic E-state index is 12.3. The molecule has 0 amide bonds. The molecule has 2 atom stereocenters. The molecular weight excluding hydrogens is 260 g/mol. The van der Waals surface area contributed by atoms with Gasteiger partial charge in [-0.2, -0.15) is 0 Å². The van der Waals surface area contributed by atoms with Crippen molar-refractivity contribution in [1.82, 2.24) is 4.72 Å². The van der Waals surface area contributed by atoms with Gasteiger partial charge in [-0.1, -0.05) is 30.5 Å². The molecule has 19 heavy (non-hydrogen) atoms. The summed E-state index contributed by atoms with van der Waals surface area (Å²) in [6.07, 6.45) is 4.10. The third kappa shape index (κ3) is 3.55. The van der Waals surface area contributed by atoms with Crippen LogP contribution in [0.2, 0.25) is 0 Å². The van der Waals surface area contributed by atoms with Crippen LogP contribution in [-0.4, -0.2) is 21.0 Å². The standard InChI is InChI=1S/C14H22N2O2S/c1-11-6-8-13(9-7-11)19(17,18)16-14-5-3-2-4-12(14)10-15/h6-9,12,14,16H,2-5,10,15H2,1H3/t12-,14-/m0/s1. The van der Waals surface area contributed by atoms with Gasteiger partial charge in [-0.15, -0.1) is 0 Å². The minimum Gasteiger partial charge on any atom is -0.330 e. The number of sulfonamides is 1. The average molecular weight is 282 g/mol. The fourth-order valence-electron chi connectivity index (χ4n) is 2.63. The number of aryl methyl sites for hydroxylation is 1. The Bertz CT molecular complexity index is 511. The molecule has 0 radical (unpaired) electrons. The summed E-state index contributed by atoms with van der Waals surface area (Å²) in [6.45, 7) is 2.48. The van der Waals surface area contributed by atoms with Gasteiger partial charge >= 0.3 is 0 Å². The van der Waals surface area contributed by atoms with Crippen molar-refractivity contribution in [1.29, 1.82) is 0 Å². The third-order valence-corrected chi connectivity index (χ3v) is 5.36. The van der Waals surface area contributed by atoms with Crippen LogP contribution in [0, 0.1) is 12.8 Å². The van der Waals surface area contributed by atoms with Gasteiger partial charge in [-0.25, -0.2) is 13.1 Å². The number of rotatable bonds is 4. The number of nitrogens with two attached hydrogens (primary N) is 1. The maximum Gasteiger partial charge on any atom is 0.240 e. The van der Waals surface area contributed by atoms with E-state index in [2.05, 4.69) is 4.72 Å². The molecule has 0 spiro atoms. The summed E-state index contributed by atoms with van der Waals surface area (Å²) in [5, 5.41) is 0. The molecule has 1 aromatic carbocycles. The summed E-state index contributed by atoms with van der Waals surface area (Å²) in [4.78, 5) is 0.333. The van der Waals surface area contributed by atoms with Crippen molar-refractivity contribution in [2.45, 2.75) is 43.5 Å². The van der Waals surface area contributed by atoms with E-state index in [0.29, 0.717) is 11.4 Å². The van der Waals surface area contributed by atoms with Crippen LogP contribution in [0.5, 0.6) is 0 Å². The molecule has 0 unspecified atom stereocenters. The van der Waals surface area contributed by atoms with Crippen LogP contribution >= 0.6 is 0 Å². The highest BCUT2D eigenvalue weighted by molar-refractivity contribution is 7.89.